The van der Waals surface area contributed by atoms with Crippen LogP contribution in [0.1, 0.15) is 5.82 Å². The molecule has 120 valence electrons. The van der Waals surface area contributed by atoms with Crippen LogP contribution in [0.4, 0.5) is 18.3 Å². The van der Waals surface area contributed by atoms with Gasteiger partial charge in [0.2, 0.25) is 21.0 Å². The van der Waals surface area contributed by atoms with Gasteiger partial charge in [-0.05, 0) is 0 Å². The van der Waals surface area contributed by atoms with Gasteiger partial charge in [-0.2, -0.15) is 22.5 Å². The lowest BCUT2D eigenvalue weighted by molar-refractivity contribution is -0.144. The van der Waals surface area contributed by atoms with Crippen molar-refractivity contribution in [1.82, 2.24) is 14.3 Å². The van der Waals surface area contributed by atoms with Gasteiger partial charge in [-0.15, -0.1) is 0 Å². The molecule has 1 aromatic heterocycles. The number of hydrogen-bond donors (Lipinski definition) is 1. The molecule has 0 spiro atoms. The van der Waals surface area contributed by atoms with Crippen molar-refractivity contribution in [2.75, 3.05) is 43.4 Å². The van der Waals surface area contributed by atoms with E-state index in [-0.39, 0.29) is 10.9 Å². The van der Waals surface area contributed by atoms with Crippen molar-refractivity contribution in [3.63, 3.8) is 0 Å². The maximum Gasteiger partial charge on any atom is 0.452 e. The minimum Gasteiger partial charge on any atom is -0.344 e. The number of rotatable bonds is 4. The summed E-state index contributed by atoms with van der Waals surface area (Å²) >= 11 is 0.712. The van der Waals surface area contributed by atoms with Gasteiger partial charge in [0.1, 0.15) is 0 Å². The second-order valence-electron chi connectivity index (χ2n) is 4.59. The highest BCUT2D eigenvalue weighted by Crippen LogP contribution is 2.30. The molecule has 0 amide bonds. The predicted molar refractivity (Wildman–Crippen MR) is 71.5 cm³/mol. The van der Waals surface area contributed by atoms with Crippen molar-refractivity contribution >= 4 is 26.7 Å². The zero-order valence-electron chi connectivity index (χ0n) is 10.9. The number of primary sulfonamides is 1. The van der Waals surface area contributed by atoms with E-state index in [2.05, 4.69) is 9.36 Å². The number of anilines is 1. The van der Waals surface area contributed by atoms with Gasteiger partial charge in [-0.3, -0.25) is 4.90 Å². The third kappa shape index (κ3) is 4.76. The SMILES string of the molecule is NS(=O)(=O)CCN1CCN(c2nc(C(F)(F)F)ns2)CC1. The summed E-state index contributed by atoms with van der Waals surface area (Å²) < 4.78 is 62.3. The first-order valence-electron chi connectivity index (χ1n) is 6.04. The first-order chi connectivity index (χ1) is 9.65. The maximum absolute atomic E-state index is 12.4. The molecule has 2 rings (SSSR count). The number of piperazine rings is 1. The summed E-state index contributed by atoms with van der Waals surface area (Å²) in [6.45, 7) is 2.33. The van der Waals surface area contributed by atoms with Crippen molar-refractivity contribution in [3.8, 4) is 0 Å². The highest BCUT2D eigenvalue weighted by molar-refractivity contribution is 7.89. The smallest absolute Gasteiger partial charge is 0.344 e. The highest BCUT2D eigenvalue weighted by Gasteiger charge is 2.36. The molecule has 12 heteroatoms. The molecule has 0 atom stereocenters. The van der Waals surface area contributed by atoms with Gasteiger partial charge in [-0.1, -0.05) is 0 Å². The number of aromatic nitrogens is 2. The highest BCUT2D eigenvalue weighted by atomic mass is 32.2. The van der Waals surface area contributed by atoms with Gasteiger partial charge in [0.05, 0.1) is 5.75 Å². The Morgan fingerprint density at radius 1 is 1.24 bits per heavy atom. The van der Waals surface area contributed by atoms with Crippen molar-refractivity contribution in [1.29, 1.82) is 0 Å². The Bertz CT molecular complexity index is 580. The van der Waals surface area contributed by atoms with E-state index in [4.69, 9.17) is 5.14 Å². The van der Waals surface area contributed by atoms with Gasteiger partial charge < -0.3 is 4.90 Å². The molecule has 0 saturated carbocycles. The molecule has 2 N–H and O–H groups in total. The van der Waals surface area contributed by atoms with Gasteiger partial charge in [0.15, 0.2) is 0 Å². The monoisotopic (exact) mass is 345 g/mol. The van der Waals surface area contributed by atoms with Crippen molar-refractivity contribution < 1.29 is 21.6 Å². The molecule has 21 heavy (non-hydrogen) atoms. The van der Waals surface area contributed by atoms with E-state index in [0.29, 0.717) is 44.3 Å². The Morgan fingerprint density at radius 3 is 2.33 bits per heavy atom. The van der Waals surface area contributed by atoms with E-state index in [1.165, 1.54) is 0 Å². The third-order valence-electron chi connectivity index (χ3n) is 3.00. The number of nitrogens with two attached hydrogens (primary N) is 1. The first kappa shape index (κ1) is 16.4. The quantitative estimate of drug-likeness (QED) is 0.824. The molecule has 1 aliphatic rings. The van der Waals surface area contributed by atoms with Gasteiger partial charge in [-0.25, -0.2) is 13.6 Å². The number of alkyl halides is 3. The van der Waals surface area contributed by atoms with Gasteiger partial charge in [0, 0.05) is 44.3 Å². The summed E-state index contributed by atoms with van der Waals surface area (Å²) in [5.74, 6) is -1.26. The van der Waals surface area contributed by atoms with Crippen molar-refractivity contribution in [2.24, 2.45) is 5.14 Å². The predicted octanol–water partition coefficient (Wildman–Crippen LogP) is -0.0326. The van der Waals surface area contributed by atoms with E-state index >= 15 is 0 Å². The molecule has 0 bridgehead atoms. The fraction of sp³-hybridized carbons (Fsp3) is 0.778. The van der Waals surface area contributed by atoms with Crippen LogP contribution in [0.3, 0.4) is 0 Å². The van der Waals surface area contributed by atoms with Crippen LogP contribution in [-0.2, 0) is 16.2 Å². The van der Waals surface area contributed by atoms with E-state index in [1.807, 2.05) is 4.90 Å². The van der Waals surface area contributed by atoms with E-state index < -0.39 is 22.0 Å². The van der Waals surface area contributed by atoms with Crippen molar-refractivity contribution in [3.05, 3.63) is 5.82 Å². The van der Waals surface area contributed by atoms with Crippen LogP contribution in [-0.4, -0.2) is 61.2 Å². The lowest BCUT2D eigenvalue weighted by atomic mass is 10.3. The Hall–Kier alpha value is -0.980. The minimum absolute atomic E-state index is 0.135. The summed E-state index contributed by atoms with van der Waals surface area (Å²) in [6, 6.07) is 0. The molecule has 0 aliphatic carbocycles. The molecule has 2 heterocycles. The summed E-state index contributed by atoms with van der Waals surface area (Å²) in [7, 11) is -3.50. The van der Waals surface area contributed by atoms with Crippen LogP contribution in [0, 0.1) is 0 Å². The average molecular weight is 345 g/mol. The summed E-state index contributed by atoms with van der Waals surface area (Å²) in [4.78, 5) is 7.09. The maximum atomic E-state index is 12.4. The first-order valence-corrected chi connectivity index (χ1v) is 8.53. The molecule has 0 aromatic carbocycles. The lowest BCUT2D eigenvalue weighted by Gasteiger charge is -2.34. The van der Waals surface area contributed by atoms with Crippen LogP contribution in [0.2, 0.25) is 0 Å². The molecule has 7 nitrogen and oxygen atoms in total. The van der Waals surface area contributed by atoms with Crippen LogP contribution in [0.25, 0.3) is 0 Å². The van der Waals surface area contributed by atoms with Crippen LogP contribution in [0.15, 0.2) is 0 Å². The zero-order valence-corrected chi connectivity index (χ0v) is 12.5. The minimum atomic E-state index is -4.54. The average Bonchev–Trinajstić information content (AvgIpc) is 2.85. The topological polar surface area (TPSA) is 92.4 Å². The van der Waals surface area contributed by atoms with Crippen molar-refractivity contribution in [2.45, 2.75) is 6.18 Å². The third-order valence-corrected chi connectivity index (χ3v) is 4.53. The molecule has 0 radical (unpaired) electrons. The number of halogens is 3. The summed E-state index contributed by atoms with van der Waals surface area (Å²) in [5.41, 5.74) is 0. The van der Waals surface area contributed by atoms with E-state index in [0.717, 1.165) is 0 Å². The second-order valence-corrected chi connectivity index (χ2v) is 7.06. The van der Waals surface area contributed by atoms with Gasteiger partial charge >= 0.3 is 6.18 Å². The Labute approximate surface area is 123 Å². The largest absolute Gasteiger partial charge is 0.452 e. The molecular weight excluding hydrogens is 331 g/mol. The number of nitrogens with zero attached hydrogens (tertiary/aromatic N) is 4. The normalized spacial score (nSPS) is 18.2. The van der Waals surface area contributed by atoms with Crippen LogP contribution in [0.5, 0.6) is 0 Å². The Balaban J connectivity index is 1.88. The molecule has 0 unspecified atom stereocenters. The van der Waals surface area contributed by atoms with E-state index in [9.17, 15) is 21.6 Å². The number of hydrogen-bond acceptors (Lipinski definition) is 7. The molecule has 1 aliphatic heterocycles. The number of sulfonamides is 1. The molecular formula is C9H14F3N5O2S2. The second kappa shape index (κ2) is 6.02. The van der Waals surface area contributed by atoms with Crippen LogP contribution < -0.4 is 10.0 Å². The molecule has 1 aromatic rings. The lowest BCUT2D eigenvalue weighted by Crippen LogP contribution is -2.48. The summed E-state index contributed by atoms with van der Waals surface area (Å²) in [6.07, 6.45) is -4.54. The van der Waals surface area contributed by atoms with Crippen LogP contribution >= 0.6 is 11.5 Å². The Morgan fingerprint density at radius 2 is 1.86 bits per heavy atom. The molecule has 1 fully saturated rings. The standard InChI is InChI=1S/C9H14F3N5O2S2/c10-9(11,12)7-14-8(20-15-7)17-3-1-16(2-4-17)5-6-21(13,18)19/h1-6H2,(H2,13,18,19). The zero-order chi connectivity index (χ0) is 15.7. The Kier molecular flexibility index (Phi) is 4.70. The van der Waals surface area contributed by atoms with Gasteiger partial charge in [0.25, 0.3) is 0 Å². The molecule has 1 saturated heterocycles. The summed E-state index contributed by atoms with van der Waals surface area (Å²) in [5, 5.41) is 5.16. The fourth-order valence-corrected chi connectivity index (χ4v) is 3.13. The fourth-order valence-electron chi connectivity index (χ4n) is 1.88. The van der Waals surface area contributed by atoms with E-state index in [1.54, 1.807) is 4.90 Å².